The van der Waals surface area contributed by atoms with Crippen molar-refractivity contribution >= 4 is 34.1 Å². The Kier molecular flexibility index (Phi) is 3.11. The molecule has 0 saturated heterocycles. The summed E-state index contributed by atoms with van der Waals surface area (Å²) in [5, 5.41) is 5.61. The second-order valence-electron chi connectivity index (χ2n) is 4.01. The molecule has 1 aliphatic heterocycles. The van der Waals surface area contributed by atoms with Gasteiger partial charge in [0.15, 0.2) is 10.3 Å². The molecule has 1 amide bonds. The molecule has 0 spiro atoms. The van der Waals surface area contributed by atoms with E-state index in [2.05, 4.69) is 15.3 Å². The molecule has 3 rings (SSSR count). The predicted molar refractivity (Wildman–Crippen MR) is 74.0 cm³/mol. The molecule has 0 saturated carbocycles. The Bertz CT molecular complexity index is 707. The van der Waals surface area contributed by atoms with Gasteiger partial charge in [0.05, 0.1) is 5.69 Å². The first kappa shape index (κ1) is 12.4. The van der Waals surface area contributed by atoms with Crippen molar-refractivity contribution in [1.29, 1.82) is 0 Å². The van der Waals surface area contributed by atoms with Gasteiger partial charge < -0.3 is 0 Å². The lowest BCUT2D eigenvalue weighted by atomic mass is 10.3. The molecule has 0 aliphatic carbocycles. The highest BCUT2D eigenvalue weighted by Crippen LogP contribution is 2.21. The average molecular weight is 294 g/mol. The van der Waals surface area contributed by atoms with Gasteiger partial charge >= 0.3 is 0 Å². The molecule has 0 radical (unpaired) electrons. The topological polar surface area (TPSA) is 76.9 Å². The fraction of sp³-hybridized carbons (Fsp3) is 0.273. The third-order valence-corrected chi connectivity index (χ3v) is 4.49. The first-order valence-corrected chi connectivity index (χ1v) is 7.48. The molecule has 0 bridgehead atoms. The molecule has 0 unspecified atom stereocenters. The number of carbonyl (C=O) groups is 1. The van der Waals surface area contributed by atoms with Crippen LogP contribution in [0.1, 0.15) is 16.1 Å². The molecule has 1 N–H and O–H groups in total. The number of rotatable bonds is 2. The average Bonchev–Trinajstić information content (AvgIpc) is 2.99. The highest BCUT2D eigenvalue weighted by atomic mass is 32.2. The zero-order chi connectivity index (χ0) is 13.4. The number of amides is 1. The van der Waals surface area contributed by atoms with Crippen LogP contribution in [0.5, 0.6) is 0 Å². The van der Waals surface area contributed by atoms with Gasteiger partial charge in [0.25, 0.3) is 11.5 Å². The summed E-state index contributed by atoms with van der Waals surface area (Å²) in [7, 11) is 0. The highest BCUT2D eigenvalue weighted by molar-refractivity contribution is 7.99. The van der Waals surface area contributed by atoms with Gasteiger partial charge in [-0.25, -0.2) is 9.97 Å². The number of aryl methyl sites for hydroxylation is 1. The molecule has 1 aliphatic rings. The van der Waals surface area contributed by atoms with Gasteiger partial charge in [0.1, 0.15) is 5.56 Å². The smallest absolute Gasteiger partial charge is 0.267 e. The molecular formula is C11H10N4O2S2. The van der Waals surface area contributed by atoms with E-state index in [0.29, 0.717) is 16.8 Å². The van der Waals surface area contributed by atoms with Gasteiger partial charge in [-0.3, -0.25) is 19.5 Å². The standard InChI is InChI=1S/C11H10N4O2S2/c1-6-5-19-10(13-6)14-8(16)7-4-12-11-15(9(7)17)2-3-18-11/h4-5H,2-3H2,1H3,(H,13,14,16). The minimum atomic E-state index is -0.459. The van der Waals surface area contributed by atoms with Crippen molar-refractivity contribution < 1.29 is 4.79 Å². The van der Waals surface area contributed by atoms with Crippen LogP contribution < -0.4 is 10.9 Å². The molecule has 98 valence electrons. The number of hydrogen-bond donors (Lipinski definition) is 1. The Hall–Kier alpha value is -1.67. The van der Waals surface area contributed by atoms with Crippen molar-refractivity contribution in [3.8, 4) is 0 Å². The zero-order valence-corrected chi connectivity index (χ0v) is 11.7. The van der Waals surface area contributed by atoms with E-state index in [9.17, 15) is 9.59 Å². The van der Waals surface area contributed by atoms with Crippen molar-refractivity contribution in [3.63, 3.8) is 0 Å². The van der Waals surface area contributed by atoms with Gasteiger partial charge in [0.2, 0.25) is 0 Å². The number of nitrogens with zero attached hydrogens (tertiary/aromatic N) is 3. The van der Waals surface area contributed by atoms with Crippen molar-refractivity contribution in [3.05, 3.63) is 33.2 Å². The number of anilines is 1. The van der Waals surface area contributed by atoms with Crippen LogP contribution in [-0.4, -0.2) is 26.2 Å². The third-order valence-electron chi connectivity index (χ3n) is 2.64. The van der Waals surface area contributed by atoms with Crippen LogP contribution in [0.25, 0.3) is 0 Å². The Morgan fingerprint density at radius 1 is 1.53 bits per heavy atom. The molecule has 6 nitrogen and oxygen atoms in total. The lowest BCUT2D eigenvalue weighted by Gasteiger charge is -2.04. The molecule has 19 heavy (non-hydrogen) atoms. The Morgan fingerprint density at radius 3 is 3.11 bits per heavy atom. The van der Waals surface area contributed by atoms with Crippen molar-refractivity contribution in [1.82, 2.24) is 14.5 Å². The zero-order valence-electron chi connectivity index (χ0n) is 10.0. The molecular weight excluding hydrogens is 284 g/mol. The fourth-order valence-corrected chi connectivity index (χ4v) is 3.35. The van der Waals surface area contributed by atoms with E-state index >= 15 is 0 Å². The van der Waals surface area contributed by atoms with Crippen LogP contribution in [0.15, 0.2) is 21.5 Å². The fourth-order valence-electron chi connectivity index (χ4n) is 1.75. The van der Waals surface area contributed by atoms with E-state index in [-0.39, 0.29) is 11.1 Å². The number of hydrogen-bond acceptors (Lipinski definition) is 6. The first-order chi connectivity index (χ1) is 9.15. The summed E-state index contributed by atoms with van der Waals surface area (Å²) in [6.45, 7) is 2.44. The molecule has 8 heteroatoms. The normalized spacial score (nSPS) is 13.3. The molecule has 0 fully saturated rings. The van der Waals surface area contributed by atoms with Crippen LogP contribution in [0.3, 0.4) is 0 Å². The summed E-state index contributed by atoms with van der Waals surface area (Å²) in [4.78, 5) is 32.4. The second kappa shape index (κ2) is 4.78. The van der Waals surface area contributed by atoms with Gasteiger partial charge in [-0.1, -0.05) is 11.8 Å². The molecule has 3 heterocycles. The summed E-state index contributed by atoms with van der Waals surface area (Å²) in [5.74, 6) is 0.359. The number of thiazole rings is 1. The monoisotopic (exact) mass is 294 g/mol. The third kappa shape index (κ3) is 2.28. The summed E-state index contributed by atoms with van der Waals surface area (Å²) >= 11 is 2.85. The van der Waals surface area contributed by atoms with Gasteiger partial charge in [-0.05, 0) is 6.92 Å². The second-order valence-corrected chi connectivity index (χ2v) is 5.93. The van der Waals surface area contributed by atoms with E-state index < -0.39 is 5.91 Å². The summed E-state index contributed by atoms with van der Waals surface area (Å²) < 4.78 is 1.53. The lowest BCUT2D eigenvalue weighted by molar-refractivity contribution is 0.102. The summed E-state index contributed by atoms with van der Waals surface area (Å²) in [6.07, 6.45) is 1.34. The van der Waals surface area contributed by atoms with E-state index in [1.54, 1.807) is 0 Å². The number of nitrogens with one attached hydrogen (secondary N) is 1. The van der Waals surface area contributed by atoms with Crippen LogP contribution in [-0.2, 0) is 6.54 Å². The minimum Gasteiger partial charge on any atom is -0.298 e. The minimum absolute atomic E-state index is 0.0547. The van der Waals surface area contributed by atoms with Crippen molar-refractivity contribution in [2.75, 3.05) is 11.1 Å². The number of aromatic nitrogens is 3. The Labute approximate surface area is 116 Å². The highest BCUT2D eigenvalue weighted by Gasteiger charge is 2.20. The van der Waals surface area contributed by atoms with E-state index in [0.717, 1.165) is 11.4 Å². The number of carbonyl (C=O) groups excluding carboxylic acids is 1. The molecule has 0 atom stereocenters. The summed E-state index contributed by atoms with van der Waals surface area (Å²) in [6, 6.07) is 0. The quantitative estimate of drug-likeness (QED) is 0.846. The Morgan fingerprint density at radius 2 is 2.37 bits per heavy atom. The SMILES string of the molecule is Cc1csc(NC(=O)c2cnc3n(c2=O)CCS3)n1. The lowest BCUT2D eigenvalue weighted by Crippen LogP contribution is -2.29. The van der Waals surface area contributed by atoms with Crippen LogP contribution in [0, 0.1) is 6.92 Å². The van der Waals surface area contributed by atoms with Crippen LogP contribution >= 0.6 is 23.1 Å². The summed E-state index contributed by atoms with van der Waals surface area (Å²) in [5.41, 5.74) is 0.598. The van der Waals surface area contributed by atoms with E-state index in [1.807, 2.05) is 12.3 Å². The largest absolute Gasteiger partial charge is 0.298 e. The molecule has 0 aromatic carbocycles. The van der Waals surface area contributed by atoms with E-state index in [1.165, 1.54) is 33.9 Å². The molecule has 2 aromatic heterocycles. The number of thioether (sulfide) groups is 1. The maximum Gasteiger partial charge on any atom is 0.267 e. The number of fused-ring (bicyclic) bond motifs is 1. The van der Waals surface area contributed by atoms with Crippen LogP contribution in [0.2, 0.25) is 0 Å². The van der Waals surface area contributed by atoms with Crippen molar-refractivity contribution in [2.45, 2.75) is 18.6 Å². The Balaban J connectivity index is 1.90. The maximum absolute atomic E-state index is 12.1. The van der Waals surface area contributed by atoms with Crippen molar-refractivity contribution in [2.24, 2.45) is 0 Å². The van der Waals surface area contributed by atoms with Gasteiger partial charge in [-0.15, -0.1) is 11.3 Å². The maximum atomic E-state index is 12.1. The van der Waals surface area contributed by atoms with Gasteiger partial charge in [-0.2, -0.15) is 0 Å². The van der Waals surface area contributed by atoms with Gasteiger partial charge in [0, 0.05) is 23.9 Å². The van der Waals surface area contributed by atoms with E-state index in [4.69, 9.17) is 0 Å². The molecule has 2 aromatic rings. The predicted octanol–water partition coefficient (Wildman–Crippen LogP) is 1.37. The first-order valence-electron chi connectivity index (χ1n) is 5.61. The van der Waals surface area contributed by atoms with Crippen LogP contribution in [0.4, 0.5) is 5.13 Å².